The third kappa shape index (κ3) is 1.56. The molecule has 0 heterocycles. The van der Waals surface area contributed by atoms with Crippen LogP contribution in [-0.4, -0.2) is 11.1 Å². The van der Waals surface area contributed by atoms with E-state index in [1.54, 1.807) is 0 Å². The van der Waals surface area contributed by atoms with Crippen LogP contribution in [0.4, 0.5) is 13.2 Å². The summed E-state index contributed by atoms with van der Waals surface area (Å²) in [5, 5.41) is 8.79. The maximum absolute atomic E-state index is 13.4. The lowest BCUT2D eigenvalue weighted by Gasteiger charge is -2.33. The molecule has 2 unspecified atom stereocenters. The first-order valence-corrected chi connectivity index (χ1v) is 4.88. The van der Waals surface area contributed by atoms with Crippen molar-refractivity contribution >= 4 is 5.97 Å². The Labute approximate surface area is 89.7 Å². The van der Waals surface area contributed by atoms with Crippen LogP contribution in [0.25, 0.3) is 0 Å². The van der Waals surface area contributed by atoms with Crippen LogP contribution < -0.4 is 0 Å². The van der Waals surface area contributed by atoms with E-state index in [1.807, 2.05) is 0 Å². The highest BCUT2D eigenvalue weighted by atomic mass is 19.2. The second-order valence-electron chi connectivity index (χ2n) is 3.89. The zero-order chi connectivity index (χ0) is 11.9. The average molecular weight is 230 g/mol. The van der Waals surface area contributed by atoms with Gasteiger partial charge in [0.15, 0.2) is 17.5 Å². The predicted molar refractivity (Wildman–Crippen MR) is 49.4 cm³/mol. The van der Waals surface area contributed by atoms with Gasteiger partial charge in [-0.2, -0.15) is 0 Å². The maximum Gasteiger partial charge on any atom is 0.307 e. The fourth-order valence-electron chi connectivity index (χ4n) is 2.00. The zero-order valence-corrected chi connectivity index (χ0v) is 8.21. The molecule has 86 valence electrons. The molecule has 1 aromatic rings. The van der Waals surface area contributed by atoms with Gasteiger partial charge >= 0.3 is 5.97 Å². The van der Waals surface area contributed by atoms with E-state index in [1.165, 1.54) is 0 Å². The Bertz CT molecular complexity index is 445. The fraction of sp³-hybridized carbons (Fsp3) is 0.364. The number of carbonyl (C=O) groups is 1. The van der Waals surface area contributed by atoms with Gasteiger partial charge in [0.25, 0.3) is 0 Å². The van der Waals surface area contributed by atoms with Gasteiger partial charge in [-0.1, -0.05) is 6.07 Å². The lowest BCUT2D eigenvalue weighted by Crippen LogP contribution is -2.31. The number of aliphatic carboxylic acids is 1. The van der Waals surface area contributed by atoms with Crippen LogP contribution in [0.2, 0.25) is 0 Å². The Kier molecular flexibility index (Phi) is 2.61. The summed E-state index contributed by atoms with van der Waals surface area (Å²) >= 11 is 0. The van der Waals surface area contributed by atoms with E-state index in [0.29, 0.717) is 12.8 Å². The summed E-state index contributed by atoms with van der Waals surface area (Å²) in [7, 11) is 0. The zero-order valence-electron chi connectivity index (χ0n) is 8.21. The molecule has 1 aliphatic carbocycles. The van der Waals surface area contributed by atoms with E-state index < -0.39 is 35.3 Å². The molecule has 0 radical (unpaired) electrons. The van der Waals surface area contributed by atoms with E-state index in [9.17, 15) is 18.0 Å². The molecule has 1 N–H and O–H groups in total. The molecule has 0 bridgehead atoms. The first-order chi connectivity index (χ1) is 7.52. The van der Waals surface area contributed by atoms with Crippen LogP contribution >= 0.6 is 0 Å². The summed E-state index contributed by atoms with van der Waals surface area (Å²) in [6.45, 7) is 0. The van der Waals surface area contributed by atoms with Crippen LogP contribution in [-0.2, 0) is 4.79 Å². The van der Waals surface area contributed by atoms with Crippen LogP contribution in [0.1, 0.15) is 24.3 Å². The predicted octanol–water partition coefficient (Wildman–Crippen LogP) is 2.68. The maximum atomic E-state index is 13.4. The highest BCUT2D eigenvalue weighted by Gasteiger charge is 2.39. The second-order valence-corrected chi connectivity index (χ2v) is 3.89. The minimum absolute atomic E-state index is 0.0439. The van der Waals surface area contributed by atoms with E-state index in [2.05, 4.69) is 0 Å². The summed E-state index contributed by atoms with van der Waals surface area (Å²) in [4.78, 5) is 10.7. The Balaban J connectivity index is 2.35. The molecule has 1 fully saturated rings. The quantitative estimate of drug-likeness (QED) is 0.793. The van der Waals surface area contributed by atoms with Gasteiger partial charge in [-0.25, -0.2) is 13.2 Å². The largest absolute Gasteiger partial charge is 0.481 e. The summed E-state index contributed by atoms with van der Waals surface area (Å²) in [5.74, 6) is -6.33. The number of carboxylic acid groups (broad SMARTS) is 1. The normalized spacial score (nSPS) is 23.9. The molecule has 1 aromatic carbocycles. The third-order valence-corrected chi connectivity index (χ3v) is 3.06. The summed E-state index contributed by atoms with van der Waals surface area (Å²) in [5.41, 5.74) is -0.0439. The van der Waals surface area contributed by atoms with Crippen LogP contribution in [0, 0.1) is 23.4 Å². The fourth-order valence-corrected chi connectivity index (χ4v) is 2.00. The SMILES string of the molecule is O=C(O)C1CCC1c1ccc(F)c(F)c1F. The van der Waals surface area contributed by atoms with E-state index in [4.69, 9.17) is 5.11 Å². The molecule has 0 spiro atoms. The number of benzene rings is 1. The van der Waals surface area contributed by atoms with Gasteiger partial charge in [0.1, 0.15) is 0 Å². The summed E-state index contributed by atoms with van der Waals surface area (Å²) in [6, 6.07) is 1.94. The van der Waals surface area contributed by atoms with E-state index >= 15 is 0 Å². The highest BCUT2D eigenvalue weighted by molar-refractivity contribution is 5.72. The van der Waals surface area contributed by atoms with Gasteiger partial charge in [0.05, 0.1) is 5.92 Å². The molecule has 5 heteroatoms. The van der Waals surface area contributed by atoms with E-state index in [0.717, 1.165) is 12.1 Å². The van der Waals surface area contributed by atoms with Crippen molar-refractivity contribution < 1.29 is 23.1 Å². The Morgan fingerprint density at radius 3 is 2.38 bits per heavy atom. The summed E-state index contributed by atoms with van der Waals surface area (Å²) in [6.07, 6.45) is 0.928. The topological polar surface area (TPSA) is 37.3 Å². The van der Waals surface area contributed by atoms with Gasteiger partial charge < -0.3 is 5.11 Å². The van der Waals surface area contributed by atoms with Gasteiger partial charge in [-0.05, 0) is 24.5 Å². The molecule has 1 aliphatic rings. The summed E-state index contributed by atoms with van der Waals surface area (Å²) < 4.78 is 39.0. The molecule has 2 atom stereocenters. The van der Waals surface area contributed by atoms with Crippen molar-refractivity contribution in [2.24, 2.45) is 5.92 Å². The monoisotopic (exact) mass is 230 g/mol. The lowest BCUT2D eigenvalue weighted by molar-refractivity contribution is -0.145. The van der Waals surface area contributed by atoms with Gasteiger partial charge in [-0.15, -0.1) is 0 Å². The van der Waals surface area contributed by atoms with Crippen molar-refractivity contribution in [1.29, 1.82) is 0 Å². The molecule has 0 amide bonds. The lowest BCUT2D eigenvalue weighted by atomic mass is 9.70. The molecule has 2 rings (SSSR count). The van der Waals surface area contributed by atoms with Gasteiger partial charge in [0, 0.05) is 5.92 Å². The van der Waals surface area contributed by atoms with Crippen molar-refractivity contribution in [3.8, 4) is 0 Å². The van der Waals surface area contributed by atoms with Crippen molar-refractivity contribution in [2.45, 2.75) is 18.8 Å². The molecular formula is C11H9F3O2. The minimum Gasteiger partial charge on any atom is -0.481 e. The molecule has 16 heavy (non-hydrogen) atoms. The van der Waals surface area contributed by atoms with Crippen LogP contribution in [0.5, 0.6) is 0 Å². The van der Waals surface area contributed by atoms with E-state index in [-0.39, 0.29) is 5.56 Å². The number of halogens is 3. The molecular weight excluding hydrogens is 221 g/mol. The van der Waals surface area contributed by atoms with Crippen LogP contribution in [0.3, 0.4) is 0 Å². The Morgan fingerprint density at radius 1 is 1.19 bits per heavy atom. The minimum atomic E-state index is -1.53. The number of hydrogen-bond donors (Lipinski definition) is 1. The molecule has 0 aliphatic heterocycles. The number of hydrogen-bond acceptors (Lipinski definition) is 1. The molecule has 0 saturated heterocycles. The third-order valence-electron chi connectivity index (χ3n) is 3.06. The van der Waals surface area contributed by atoms with Gasteiger partial charge in [0.2, 0.25) is 0 Å². The Morgan fingerprint density at radius 2 is 1.88 bits per heavy atom. The first kappa shape index (κ1) is 11.0. The smallest absolute Gasteiger partial charge is 0.307 e. The molecule has 1 saturated carbocycles. The van der Waals surface area contributed by atoms with Crippen molar-refractivity contribution in [3.63, 3.8) is 0 Å². The van der Waals surface area contributed by atoms with Crippen molar-refractivity contribution in [3.05, 3.63) is 35.1 Å². The standard InChI is InChI=1S/C11H9F3O2/c12-8-4-3-6(9(13)10(8)14)5-1-2-7(5)11(15)16/h3-5,7H,1-2H2,(H,15,16). The van der Waals surface area contributed by atoms with Crippen molar-refractivity contribution in [2.75, 3.05) is 0 Å². The molecule has 2 nitrogen and oxygen atoms in total. The average Bonchev–Trinajstić information content (AvgIpc) is 2.16. The number of rotatable bonds is 2. The van der Waals surface area contributed by atoms with Crippen LogP contribution in [0.15, 0.2) is 12.1 Å². The highest BCUT2D eigenvalue weighted by Crippen LogP contribution is 2.43. The second kappa shape index (κ2) is 3.81. The number of carboxylic acids is 1. The Hall–Kier alpha value is -1.52. The first-order valence-electron chi connectivity index (χ1n) is 4.88. The molecule has 0 aromatic heterocycles. The van der Waals surface area contributed by atoms with Gasteiger partial charge in [-0.3, -0.25) is 4.79 Å². The van der Waals surface area contributed by atoms with Crippen molar-refractivity contribution in [1.82, 2.24) is 0 Å².